The van der Waals surface area contributed by atoms with Crippen LogP contribution in [0.3, 0.4) is 0 Å². The fraction of sp³-hybridized carbons (Fsp3) is 0.133. The predicted octanol–water partition coefficient (Wildman–Crippen LogP) is 4.49. The van der Waals surface area contributed by atoms with Gasteiger partial charge in [-0.05, 0) is 40.2 Å². The molecule has 0 bridgehead atoms. The van der Waals surface area contributed by atoms with Crippen LogP contribution in [-0.2, 0) is 0 Å². The summed E-state index contributed by atoms with van der Waals surface area (Å²) in [4.78, 5) is 12.4. The Morgan fingerprint density at radius 1 is 1.14 bits per heavy atom. The van der Waals surface area contributed by atoms with Crippen LogP contribution in [0, 0.1) is 5.82 Å². The van der Waals surface area contributed by atoms with Crippen LogP contribution in [0.15, 0.2) is 34.8 Å². The standard InChI is InChI=1S/C15H11BrClFO3/c1-20-13-6-9(12(18)7-14(13)21-2)15(19)8-3-4-10(16)11(17)5-8/h3-7H,1-2H3. The third-order valence-electron chi connectivity index (χ3n) is 2.90. The van der Waals surface area contributed by atoms with Gasteiger partial charge in [-0.3, -0.25) is 4.79 Å². The van der Waals surface area contributed by atoms with E-state index in [1.807, 2.05) is 0 Å². The van der Waals surface area contributed by atoms with Crippen molar-refractivity contribution < 1.29 is 18.7 Å². The maximum absolute atomic E-state index is 14.1. The van der Waals surface area contributed by atoms with E-state index in [4.69, 9.17) is 21.1 Å². The zero-order chi connectivity index (χ0) is 15.6. The topological polar surface area (TPSA) is 35.5 Å². The Labute approximate surface area is 134 Å². The van der Waals surface area contributed by atoms with Gasteiger partial charge in [0.1, 0.15) is 5.82 Å². The van der Waals surface area contributed by atoms with Crippen molar-refractivity contribution in [3.63, 3.8) is 0 Å². The molecule has 0 atom stereocenters. The first-order valence-corrected chi connectivity index (χ1v) is 7.06. The predicted molar refractivity (Wildman–Crippen MR) is 82.1 cm³/mol. The molecule has 0 saturated heterocycles. The van der Waals surface area contributed by atoms with Crippen LogP contribution in [0.4, 0.5) is 4.39 Å². The average Bonchev–Trinajstić information content (AvgIpc) is 2.49. The molecular formula is C15H11BrClFO3. The van der Waals surface area contributed by atoms with Gasteiger partial charge in [0.05, 0.1) is 24.8 Å². The Hall–Kier alpha value is -1.59. The lowest BCUT2D eigenvalue weighted by Crippen LogP contribution is -2.06. The second-order valence-electron chi connectivity index (χ2n) is 4.15. The molecule has 2 aromatic rings. The molecule has 0 unspecified atom stereocenters. The SMILES string of the molecule is COc1cc(F)c(C(=O)c2ccc(Br)c(Cl)c2)cc1OC. The Morgan fingerprint density at radius 3 is 2.33 bits per heavy atom. The number of benzene rings is 2. The number of hydrogen-bond donors (Lipinski definition) is 0. The maximum atomic E-state index is 14.1. The van der Waals surface area contributed by atoms with Gasteiger partial charge in [0, 0.05) is 16.1 Å². The largest absolute Gasteiger partial charge is 0.493 e. The smallest absolute Gasteiger partial charge is 0.196 e. The van der Waals surface area contributed by atoms with E-state index >= 15 is 0 Å². The molecule has 0 saturated carbocycles. The monoisotopic (exact) mass is 372 g/mol. The van der Waals surface area contributed by atoms with Crippen LogP contribution in [0.2, 0.25) is 5.02 Å². The summed E-state index contributed by atoms with van der Waals surface area (Å²) in [6, 6.07) is 7.10. The molecule has 0 N–H and O–H groups in total. The summed E-state index contributed by atoms with van der Waals surface area (Å²) in [6.07, 6.45) is 0. The van der Waals surface area contributed by atoms with Gasteiger partial charge in [-0.1, -0.05) is 11.6 Å². The summed E-state index contributed by atoms with van der Waals surface area (Å²) in [6.45, 7) is 0. The molecule has 3 nitrogen and oxygen atoms in total. The van der Waals surface area contributed by atoms with E-state index in [2.05, 4.69) is 15.9 Å². The van der Waals surface area contributed by atoms with Crippen LogP contribution >= 0.6 is 27.5 Å². The molecule has 110 valence electrons. The minimum atomic E-state index is -0.684. The van der Waals surface area contributed by atoms with Crippen molar-refractivity contribution in [3.05, 3.63) is 56.8 Å². The van der Waals surface area contributed by atoms with E-state index in [-0.39, 0.29) is 22.6 Å². The van der Waals surface area contributed by atoms with Crippen molar-refractivity contribution >= 4 is 33.3 Å². The van der Waals surface area contributed by atoms with Crippen molar-refractivity contribution in [2.75, 3.05) is 14.2 Å². The molecule has 0 aromatic heterocycles. The number of carbonyl (C=O) groups excluding carboxylic acids is 1. The minimum absolute atomic E-state index is 0.106. The summed E-state index contributed by atoms with van der Waals surface area (Å²) in [5, 5.41) is 0.377. The van der Waals surface area contributed by atoms with Gasteiger partial charge in [0.25, 0.3) is 0 Å². The molecule has 0 aliphatic rings. The molecule has 21 heavy (non-hydrogen) atoms. The molecule has 2 aromatic carbocycles. The summed E-state index contributed by atoms with van der Waals surface area (Å²) in [5.74, 6) is -0.662. The first-order chi connectivity index (χ1) is 9.97. The van der Waals surface area contributed by atoms with Gasteiger partial charge in [-0.2, -0.15) is 0 Å². The summed E-state index contributed by atoms with van der Waals surface area (Å²) < 4.78 is 24.8. The molecule has 0 heterocycles. The average molecular weight is 374 g/mol. The van der Waals surface area contributed by atoms with E-state index in [1.54, 1.807) is 12.1 Å². The molecular weight excluding hydrogens is 363 g/mol. The van der Waals surface area contributed by atoms with Gasteiger partial charge in [-0.15, -0.1) is 0 Å². The quantitative estimate of drug-likeness (QED) is 0.741. The van der Waals surface area contributed by atoms with E-state index in [0.29, 0.717) is 9.50 Å². The number of rotatable bonds is 4. The lowest BCUT2D eigenvalue weighted by atomic mass is 10.0. The minimum Gasteiger partial charge on any atom is -0.493 e. The van der Waals surface area contributed by atoms with E-state index in [0.717, 1.165) is 6.07 Å². The van der Waals surface area contributed by atoms with E-state index < -0.39 is 11.6 Å². The Morgan fingerprint density at radius 2 is 1.76 bits per heavy atom. The zero-order valence-electron chi connectivity index (χ0n) is 11.2. The number of ether oxygens (including phenoxy) is 2. The Bertz CT molecular complexity index is 704. The number of halogens is 3. The highest BCUT2D eigenvalue weighted by atomic mass is 79.9. The number of methoxy groups -OCH3 is 2. The second-order valence-corrected chi connectivity index (χ2v) is 5.41. The highest BCUT2D eigenvalue weighted by Gasteiger charge is 2.19. The number of carbonyl (C=O) groups is 1. The van der Waals surface area contributed by atoms with Crippen LogP contribution in [0.25, 0.3) is 0 Å². The molecule has 0 aliphatic carbocycles. The highest BCUT2D eigenvalue weighted by Crippen LogP contribution is 2.31. The van der Waals surface area contributed by atoms with Gasteiger partial charge in [0.15, 0.2) is 17.3 Å². The fourth-order valence-corrected chi connectivity index (χ4v) is 2.25. The Kier molecular flexibility index (Phi) is 4.85. The maximum Gasteiger partial charge on any atom is 0.196 e. The summed E-state index contributed by atoms with van der Waals surface area (Å²) in [5.41, 5.74) is 0.181. The molecule has 0 amide bonds. The van der Waals surface area contributed by atoms with Crippen molar-refractivity contribution in [2.24, 2.45) is 0 Å². The third kappa shape index (κ3) is 3.19. The zero-order valence-corrected chi connectivity index (χ0v) is 13.6. The van der Waals surface area contributed by atoms with Crippen molar-refractivity contribution in [2.45, 2.75) is 0 Å². The van der Waals surface area contributed by atoms with Gasteiger partial charge < -0.3 is 9.47 Å². The van der Waals surface area contributed by atoms with Gasteiger partial charge >= 0.3 is 0 Å². The molecule has 0 aliphatic heterocycles. The first kappa shape index (κ1) is 15.8. The lowest BCUT2D eigenvalue weighted by molar-refractivity contribution is 0.103. The lowest BCUT2D eigenvalue weighted by Gasteiger charge is -2.10. The second kappa shape index (κ2) is 6.45. The van der Waals surface area contributed by atoms with Crippen molar-refractivity contribution in [1.82, 2.24) is 0 Å². The van der Waals surface area contributed by atoms with Crippen molar-refractivity contribution in [3.8, 4) is 11.5 Å². The number of hydrogen-bond acceptors (Lipinski definition) is 3. The van der Waals surface area contributed by atoms with Gasteiger partial charge in [-0.25, -0.2) is 4.39 Å². The van der Waals surface area contributed by atoms with Gasteiger partial charge in [0.2, 0.25) is 0 Å². The molecule has 0 spiro atoms. The molecule has 6 heteroatoms. The normalized spacial score (nSPS) is 10.3. The van der Waals surface area contributed by atoms with Crippen molar-refractivity contribution in [1.29, 1.82) is 0 Å². The molecule has 0 fully saturated rings. The van der Waals surface area contributed by atoms with Crippen LogP contribution < -0.4 is 9.47 Å². The summed E-state index contributed by atoms with van der Waals surface area (Å²) >= 11 is 9.19. The van der Waals surface area contributed by atoms with Crippen LogP contribution in [0.5, 0.6) is 11.5 Å². The van der Waals surface area contributed by atoms with E-state index in [9.17, 15) is 9.18 Å². The molecule has 0 radical (unpaired) electrons. The first-order valence-electron chi connectivity index (χ1n) is 5.89. The van der Waals surface area contributed by atoms with Crippen LogP contribution in [-0.4, -0.2) is 20.0 Å². The van der Waals surface area contributed by atoms with Crippen LogP contribution in [0.1, 0.15) is 15.9 Å². The number of ketones is 1. The third-order valence-corrected chi connectivity index (χ3v) is 4.13. The Balaban J connectivity index is 2.50. The summed E-state index contributed by atoms with van der Waals surface area (Å²) in [7, 11) is 2.81. The highest BCUT2D eigenvalue weighted by molar-refractivity contribution is 9.10. The van der Waals surface area contributed by atoms with E-state index in [1.165, 1.54) is 26.4 Å². The molecule has 2 rings (SSSR count). The fourth-order valence-electron chi connectivity index (χ4n) is 1.82.